The predicted octanol–water partition coefficient (Wildman–Crippen LogP) is 12.2. The average molecular weight is 597 g/mol. The van der Waals surface area contributed by atoms with E-state index in [4.69, 9.17) is 0 Å². The van der Waals surface area contributed by atoms with Crippen LogP contribution in [0.2, 0.25) is 0 Å². The Morgan fingerprint density at radius 2 is 1.18 bits per heavy atom. The topological polar surface area (TPSA) is 8.17 Å². The molecular weight excluding hydrogens is 573 g/mol. The highest BCUT2D eigenvalue weighted by Gasteiger charge is 2.25. The Hall–Kier alpha value is -5.03. The summed E-state index contributed by atoms with van der Waals surface area (Å²) in [5, 5.41) is 7.68. The zero-order valence-electron chi connectivity index (χ0n) is 23.6. The number of fused-ring (bicyclic) bond motifs is 9. The van der Waals surface area contributed by atoms with E-state index >= 15 is 0 Å². The zero-order chi connectivity index (χ0) is 28.8. The SMILES string of the molecule is c1ccc2c(c1)Sc1cc(N(c3ccc4ccccc4c3)c3ccc4c(c3)sc3ccccc34)cc3c4ccccc4n-2c13. The van der Waals surface area contributed by atoms with Gasteiger partial charge in [-0.2, -0.15) is 0 Å². The van der Waals surface area contributed by atoms with Crippen LogP contribution in [-0.2, 0) is 0 Å². The molecule has 3 heterocycles. The molecule has 7 aromatic carbocycles. The maximum atomic E-state index is 2.46. The fourth-order valence-electron chi connectivity index (χ4n) is 6.97. The fraction of sp³-hybridized carbons (Fsp3) is 0. The number of benzene rings is 7. The summed E-state index contributed by atoms with van der Waals surface area (Å²) in [5.74, 6) is 0. The second kappa shape index (κ2) is 9.23. The summed E-state index contributed by atoms with van der Waals surface area (Å²) in [7, 11) is 0. The van der Waals surface area contributed by atoms with Crippen molar-refractivity contribution in [3.8, 4) is 5.69 Å². The lowest BCUT2D eigenvalue weighted by Crippen LogP contribution is -2.10. The van der Waals surface area contributed by atoms with Crippen LogP contribution in [-0.4, -0.2) is 4.57 Å². The molecular formula is C40H24N2S2. The minimum Gasteiger partial charge on any atom is -0.310 e. The quantitative estimate of drug-likeness (QED) is 0.200. The molecule has 0 N–H and O–H groups in total. The first-order valence-corrected chi connectivity index (χ1v) is 16.5. The number of anilines is 3. The van der Waals surface area contributed by atoms with Gasteiger partial charge >= 0.3 is 0 Å². The van der Waals surface area contributed by atoms with Gasteiger partial charge in [0.05, 0.1) is 16.7 Å². The van der Waals surface area contributed by atoms with Crippen LogP contribution in [0.15, 0.2) is 155 Å². The van der Waals surface area contributed by atoms with E-state index in [1.165, 1.54) is 68.2 Å². The number of rotatable bonds is 3. The first-order valence-electron chi connectivity index (χ1n) is 14.8. The van der Waals surface area contributed by atoms with Crippen molar-refractivity contribution < 1.29 is 0 Å². The average Bonchev–Trinajstić information content (AvgIpc) is 3.61. The van der Waals surface area contributed by atoms with Crippen LogP contribution in [0.4, 0.5) is 17.1 Å². The number of hydrogen-bond donors (Lipinski definition) is 0. The standard InChI is InChI=1S/C40H24N2S2/c1-2-10-26-21-27(18-17-25(26)9-1)41(28-19-20-32-31-12-4-7-15-36(31)43-38(32)23-28)29-22-33-30-11-3-5-13-34(30)42-35-14-6-8-16-37(35)44-39(24-29)40(33)42/h1-24H. The Bertz CT molecular complexity index is 2610. The number of hydrogen-bond acceptors (Lipinski definition) is 3. The predicted molar refractivity (Wildman–Crippen MR) is 190 cm³/mol. The monoisotopic (exact) mass is 596 g/mol. The molecule has 44 heavy (non-hydrogen) atoms. The number of para-hydroxylation sites is 2. The molecule has 10 rings (SSSR count). The third-order valence-corrected chi connectivity index (χ3v) is 11.1. The second-order valence-electron chi connectivity index (χ2n) is 11.4. The summed E-state index contributed by atoms with van der Waals surface area (Å²) in [6.07, 6.45) is 0. The van der Waals surface area contributed by atoms with Gasteiger partial charge < -0.3 is 9.47 Å². The lowest BCUT2D eigenvalue weighted by molar-refractivity contribution is 1.09. The molecule has 0 saturated carbocycles. The Balaban J connectivity index is 1.27. The van der Waals surface area contributed by atoms with Crippen molar-refractivity contribution >= 4 is 92.9 Å². The van der Waals surface area contributed by atoms with E-state index in [2.05, 4.69) is 155 Å². The Morgan fingerprint density at radius 3 is 2.14 bits per heavy atom. The van der Waals surface area contributed by atoms with Gasteiger partial charge in [-0.25, -0.2) is 0 Å². The molecule has 0 fully saturated rings. The van der Waals surface area contributed by atoms with Gasteiger partial charge in [0.15, 0.2) is 0 Å². The lowest BCUT2D eigenvalue weighted by atomic mass is 10.1. The van der Waals surface area contributed by atoms with E-state index in [0.29, 0.717) is 0 Å². The number of nitrogens with zero attached hydrogens (tertiary/aromatic N) is 2. The van der Waals surface area contributed by atoms with Crippen LogP contribution in [0.3, 0.4) is 0 Å². The van der Waals surface area contributed by atoms with Crippen molar-refractivity contribution in [2.24, 2.45) is 0 Å². The summed E-state index contributed by atoms with van der Waals surface area (Å²) in [4.78, 5) is 5.00. The van der Waals surface area contributed by atoms with Crippen molar-refractivity contribution in [2.45, 2.75) is 9.79 Å². The molecule has 0 spiro atoms. The van der Waals surface area contributed by atoms with Gasteiger partial charge in [0.1, 0.15) is 0 Å². The summed E-state index contributed by atoms with van der Waals surface area (Å²) < 4.78 is 5.08. The third kappa shape index (κ3) is 3.50. The van der Waals surface area contributed by atoms with E-state index in [-0.39, 0.29) is 0 Å². The van der Waals surface area contributed by atoms with Crippen LogP contribution < -0.4 is 4.90 Å². The van der Waals surface area contributed by atoms with Gasteiger partial charge in [0, 0.05) is 57.8 Å². The molecule has 2 aromatic heterocycles. The number of thiophene rings is 1. The van der Waals surface area contributed by atoms with Gasteiger partial charge in [-0.15, -0.1) is 11.3 Å². The highest BCUT2D eigenvalue weighted by atomic mass is 32.2. The van der Waals surface area contributed by atoms with E-state index in [0.717, 1.165) is 17.1 Å². The molecule has 0 unspecified atom stereocenters. The van der Waals surface area contributed by atoms with Gasteiger partial charge in [-0.1, -0.05) is 96.7 Å². The first kappa shape index (κ1) is 24.4. The van der Waals surface area contributed by atoms with E-state index < -0.39 is 0 Å². The van der Waals surface area contributed by atoms with Crippen LogP contribution in [0, 0.1) is 0 Å². The van der Waals surface area contributed by atoms with Gasteiger partial charge in [0.2, 0.25) is 0 Å². The summed E-state index contributed by atoms with van der Waals surface area (Å²) in [5.41, 5.74) is 7.27. The van der Waals surface area contributed by atoms with Crippen molar-refractivity contribution in [2.75, 3.05) is 4.90 Å². The normalized spacial score (nSPS) is 12.5. The maximum Gasteiger partial charge on any atom is 0.0682 e. The molecule has 9 aromatic rings. The Morgan fingerprint density at radius 1 is 0.455 bits per heavy atom. The molecule has 0 bridgehead atoms. The van der Waals surface area contributed by atoms with Crippen LogP contribution in [0.5, 0.6) is 0 Å². The van der Waals surface area contributed by atoms with Crippen LogP contribution in [0.1, 0.15) is 0 Å². The fourth-order valence-corrected chi connectivity index (χ4v) is 9.23. The van der Waals surface area contributed by atoms with Gasteiger partial charge in [-0.3, -0.25) is 0 Å². The molecule has 0 amide bonds. The summed E-state index contributed by atoms with van der Waals surface area (Å²) in [6, 6.07) is 53.5. The molecule has 1 aliphatic heterocycles. The summed E-state index contributed by atoms with van der Waals surface area (Å²) >= 11 is 3.74. The highest BCUT2D eigenvalue weighted by molar-refractivity contribution is 7.99. The van der Waals surface area contributed by atoms with Crippen LogP contribution in [0.25, 0.3) is 58.4 Å². The molecule has 0 atom stereocenters. The van der Waals surface area contributed by atoms with Gasteiger partial charge in [0.25, 0.3) is 0 Å². The molecule has 206 valence electrons. The van der Waals surface area contributed by atoms with E-state index in [1.807, 2.05) is 23.1 Å². The highest BCUT2D eigenvalue weighted by Crippen LogP contribution is 2.50. The van der Waals surface area contributed by atoms with Crippen molar-refractivity contribution in [1.29, 1.82) is 0 Å². The van der Waals surface area contributed by atoms with Crippen LogP contribution >= 0.6 is 23.1 Å². The van der Waals surface area contributed by atoms with Gasteiger partial charge in [-0.05, 0) is 71.4 Å². The Labute approximate surface area is 262 Å². The lowest BCUT2D eigenvalue weighted by Gasteiger charge is -2.28. The van der Waals surface area contributed by atoms with Crippen molar-refractivity contribution in [1.82, 2.24) is 4.57 Å². The Kier molecular flexibility index (Phi) is 5.12. The van der Waals surface area contributed by atoms with E-state index in [9.17, 15) is 0 Å². The molecule has 2 nitrogen and oxygen atoms in total. The molecule has 0 radical (unpaired) electrons. The first-order chi connectivity index (χ1) is 21.8. The number of aromatic nitrogens is 1. The smallest absolute Gasteiger partial charge is 0.0682 e. The maximum absolute atomic E-state index is 2.46. The minimum absolute atomic E-state index is 1.15. The van der Waals surface area contributed by atoms with Crippen molar-refractivity contribution in [3.05, 3.63) is 146 Å². The second-order valence-corrected chi connectivity index (χ2v) is 13.6. The molecule has 1 aliphatic rings. The molecule has 0 aliphatic carbocycles. The summed E-state index contributed by atoms with van der Waals surface area (Å²) in [6.45, 7) is 0. The van der Waals surface area contributed by atoms with E-state index in [1.54, 1.807) is 0 Å². The third-order valence-electron chi connectivity index (χ3n) is 8.91. The largest absolute Gasteiger partial charge is 0.310 e. The van der Waals surface area contributed by atoms with Crippen molar-refractivity contribution in [3.63, 3.8) is 0 Å². The zero-order valence-corrected chi connectivity index (χ0v) is 25.2. The molecule has 0 saturated heterocycles. The minimum atomic E-state index is 1.15. The molecule has 4 heteroatoms.